The lowest BCUT2D eigenvalue weighted by molar-refractivity contribution is 0.148. The van der Waals surface area contributed by atoms with Crippen LogP contribution >= 0.6 is 0 Å². The maximum Gasteiger partial charge on any atom is 0.195 e. The molecule has 1 aromatic rings. The van der Waals surface area contributed by atoms with Crippen molar-refractivity contribution in [2.45, 2.75) is 51.5 Å². The first-order valence-corrected chi connectivity index (χ1v) is 7.04. The Morgan fingerprint density at radius 1 is 1.56 bits per heavy atom. The second-order valence-corrected chi connectivity index (χ2v) is 5.22. The van der Waals surface area contributed by atoms with Gasteiger partial charge in [0, 0.05) is 18.4 Å². The van der Waals surface area contributed by atoms with Crippen molar-refractivity contribution in [3.8, 4) is 0 Å². The third-order valence-corrected chi connectivity index (χ3v) is 3.90. The number of aliphatic hydroxyl groups is 1. The van der Waals surface area contributed by atoms with Crippen LogP contribution in [-0.2, 0) is 6.42 Å². The van der Waals surface area contributed by atoms with E-state index in [1.165, 1.54) is 25.8 Å². The Hall–Kier alpha value is -0.870. The van der Waals surface area contributed by atoms with E-state index in [0.29, 0.717) is 6.04 Å². The molecule has 1 aliphatic heterocycles. The Labute approximate surface area is 109 Å². The Morgan fingerprint density at radius 3 is 3.11 bits per heavy atom. The van der Waals surface area contributed by atoms with Gasteiger partial charge in [-0.15, -0.1) is 0 Å². The predicted octanol–water partition coefficient (Wildman–Crippen LogP) is 2.19. The Balaban J connectivity index is 1.97. The summed E-state index contributed by atoms with van der Waals surface area (Å²) in [4.78, 5) is 6.86. The lowest BCUT2D eigenvalue weighted by Crippen LogP contribution is -2.40. The van der Waals surface area contributed by atoms with Crippen LogP contribution in [0.2, 0.25) is 0 Å². The molecule has 2 heterocycles. The van der Waals surface area contributed by atoms with E-state index in [4.69, 9.17) is 9.52 Å². The van der Waals surface area contributed by atoms with Crippen LogP contribution in [0.3, 0.4) is 0 Å². The van der Waals surface area contributed by atoms with E-state index in [1.807, 2.05) is 6.92 Å². The van der Waals surface area contributed by atoms with Crippen LogP contribution in [0.15, 0.2) is 10.6 Å². The molecule has 0 saturated carbocycles. The number of hydrogen-bond donors (Lipinski definition) is 1. The zero-order valence-electron chi connectivity index (χ0n) is 11.4. The summed E-state index contributed by atoms with van der Waals surface area (Å²) in [5.41, 5.74) is 0. The molecule has 18 heavy (non-hydrogen) atoms. The smallest absolute Gasteiger partial charge is 0.195 e. The molecule has 102 valence electrons. The standard InChI is InChI=1S/C14H24N2O2/c1-3-16-7-5-4-6-12(16)8-14-15-9-13(18-14)11(2)10-17/h9,11-12,17H,3-8,10H2,1-2H3. The van der Waals surface area contributed by atoms with Gasteiger partial charge in [-0.1, -0.05) is 20.3 Å². The van der Waals surface area contributed by atoms with Crippen molar-refractivity contribution in [3.05, 3.63) is 17.8 Å². The van der Waals surface area contributed by atoms with Crippen LogP contribution in [-0.4, -0.2) is 40.7 Å². The zero-order valence-corrected chi connectivity index (χ0v) is 11.4. The van der Waals surface area contributed by atoms with Gasteiger partial charge < -0.3 is 14.4 Å². The number of piperidine rings is 1. The quantitative estimate of drug-likeness (QED) is 0.872. The highest BCUT2D eigenvalue weighted by Gasteiger charge is 2.23. The van der Waals surface area contributed by atoms with E-state index in [1.54, 1.807) is 6.20 Å². The third kappa shape index (κ3) is 3.12. The van der Waals surface area contributed by atoms with Gasteiger partial charge in [0.05, 0.1) is 12.8 Å². The molecule has 1 N–H and O–H groups in total. The SMILES string of the molecule is CCN1CCCCC1Cc1ncc(C(C)CO)o1. The fourth-order valence-electron chi connectivity index (χ4n) is 2.65. The normalized spacial score (nSPS) is 23.2. The molecule has 0 spiro atoms. The lowest BCUT2D eigenvalue weighted by atomic mass is 9.99. The van der Waals surface area contributed by atoms with Gasteiger partial charge in [0.2, 0.25) is 0 Å². The molecule has 4 nitrogen and oxygen atoms in total. The van der Waals surface area contributed by atoms with Crippen molar-refractivity contribution < 1.29 is 9.52 Å². The molecule has 2 rings (SSSR count). The van der Waals surface area contributed by atoms with Crippen LogP contribution < -0.4 is 0 Å². The first-order valence-electron chi connectivity index (χ1n) is 7.04. The van der Waals surface area contributed by atoms with Crippen LogP contribution in [0.1, 0.15) is 50.7 Å². The largest absolute Gasteiger partial charge is 0.445 e. The highest BCUT2D eigenvalue weighted by atomic mass is 16.4. The molecule has 2 unspecified atom stereocenters. The van der Waals surface area contributed by atoms with Crippen molar-refractivity contribution in [1.29, 1.82) is 0 Å². The van der Waals surface area contributed by atoms with Gasteiger partial charge in [-0.3, -0.25) is 0 Å². The Kier molecular flexibility index (Phi) is 4.78. The number of aliphatic hydroxyl groups excluding tert-OH is 1. The van der Waals surface area contributed by atoms with Gasteiger partial charge in [-0.05, 0) is 25.9 Å². The average Bonchev–Trinajstić information content (AvgIpc) is 2.87. The number of oxazole rings is 1. The molecule has 1 aromatic heterocycles. The molecule has 1 saturated heterocycles. The predicted molar refractivity (Wildman–Crippen MR) is 70.6 cm³/mol. The van der Waals surface area contributed by atoms with Crippen molar-refractivity contribution >= 4 is 0 Å². The van der Waals surface area contributed by atoms with Crippen molar-refractivity contribution in [1.82, 2.24) is 9.88 Å². The fraction of sp³-hybridized carbons (Fsp3) is 0.786. The highest BCUT2D eigenvalue weighted by Crippen LogP contribution is 2.22. The van der Waals surface area contributed by atoms with Gasteiger partial charge in [-0.2, -0.15) is 0 Å². The molecule has 0 radical (unpaired) electrons. The second-order valence-electron chi connectivity index (χ2n) is 5.22. The summed E-state index contributed by atoms with van der Waals surface area (Å²) in [6.45, 7) is 6.57. The third-order valence-electron chi connectivity index (χ3n) is 3.90. The molecular weight excluding hydrogens is 228 g/mol. The van der Waals surface area contributed by atoms with Crippen LogP contribution in [0.4, 0.5) is 0 Å². The summed E-state index contributed by atoms with van der Waals surface area (Å²) in [7, 11) is 0. The van der Waals surface area contributed by atoms with E-state index in [9.17, 15) is 0 Å². The van der Waals surface area contributed by atoms with Crippen molar-refractivity contribution in [2.75, 3.05) is 19.7 Å². The van der Waals surface area contributed by atoms with Crippen LogP contribution in [0, 0.1) is 0 Å². The minimum Gasteiger partial charge on any atom is -0.445 e. The molecule has 1 aliphatic rings. The Bertz CT molecular complexity index is 364. The summed E-state index contributed by atoms with van der Waals surface area (Å²) < 4.78 is 5.73. The molecule has 0 aliphatic carbocycles. The van der Waals surface area contributed by atoms with E-state index in [0.717, 1.165) is 24.6 Å². The highest BCUT2D eigenvalue weighted by molar-refractivity contribution is 5.01. The molecule has 0 aromatic carbocycles. The van der Waals surface area contributed by atoms with Crippen molar-refractivity contribution in [3.63, 3.8) is 0 Å². The lowest BCUT2D eigenvalue weighted by Gasteiger charge is -2.34. The summed E-state index contributed by atoms with van der Waals surface area (Å²) in [5, 5.41) is 9.10. The van der Waals surface area contributed by atoms with Crippen molar-refractivity contribution in [2.24, 2.45) is 0 Å². The van der Waals surface area contributed by atoms with Crippen LogP contribution in [0.5, 0.6) is 0 Å². The monoisotopic (exact) mass is 252 g/mol. The molecular formula is C14H24N2O2. The second kappa shape index (κ2) is 6.34. The minimum absolute atomic E-state index is 0.0416. The molecule has 0 amide bonds. The summed E-state index contributed by atoms with van der Waals surface area (Å²) in [6, 6.07) is 0.569. The first-order chi connectivity index (χ1) is 8.74. The first kappa shape index (κ1) is 13.6. The van der Waals surface area contributed by atoms with Gasteiger partial charge >= 0.3 is 0 Å². The van der Waals surface area contributed by atoms with Gasteiger partial charge in [-0.25, -0.2) is 4.98 Å². The van der Waals surface area contributed by atoms with Gasteiger partial charge in [0.15, 0.2) is 5.89 Å². The van der Waals surface area contributed by atoms with E-state index < -0.39 is 0 Å². The van der Waals surface area contributed by atoms with Crippen LogP contribution in [0.25, 0.3) is 0 Å². The maximum atomic E-state index is 9.10. The Morgan fingerprint density at radius 2 is 2.39 bits per heavy atom. The van der Waals surface area contributed by atoms with Gasteiger partial charge in [0.1, 0.15) is 5.76 Å². The number of likely N-dealkylation sites (N-methyl/N-ethyl adjacent to an activating group) is 1. The number of nitrogens with zero attached hydrogens (tertiary/aromatic N) is 2. The zero-order chi connectivity index (χ0) is 13.0. The topological polar surface area (TPSA) is 49.5 Å². The number of likely N-dealkylation sites (tertiary alicyclic amines) is 1. The van der Waals surface area contributed by atoms with E-state index in [2.05, 4.69) is 16.8 Å². The van der Waals surface area contributed by atoms with E-state index >= 15 is 0 Å². The summed E-state index contributed by atoms with van der Waals surface area (Å²) in [5.74, 6) is 1.65. The maximum absolute atomic E-state index is 9.10. The molecule has 2 atom stereocenters. The minimum atomic E-state index is 0.0416. The van der Waals surface area contributed by atoms with Gasteiger partial charge in [0.25, 0.3) is 0 Å². The fourth-order valence-corrected chi connectivity index (χ4v) is 2.65. The molecule has 0 bridgehead atoms. The summed E-state index contributed by atoms with van der Waals surface area (Å²) >= 11 is 0. The summed E-state index contributed by atoms with van der Waals surface area (Å²) in [6.07, 6.45) is 6.51. The molecule has 1 fully saturated rings. The number of hydrogen-bond acceptors (Lipinski definition) is 4. The van der Waals surface area contributed by atoms with E-state index in [-0.39, 0.29) is 12.5 Å². The number of rotatable bonds is 5. The average molecular weight is 252 g/mol. The molecule has 4 heteroatoms. The number of aromatic nitrogens is 1.